The largest absolute Gasteiger partial charge is 0.508 e. The average molecular weight is 304 g/mol. The molecule has 0 fully saturated rings. The lowest BCUT2D eigenvalue weighted by Gasteiger charge is -2.09. The van der Waals surface area contributed by atoms with E-state index in [1.807, 2.05) is 13.0 Å². The van der Waals surface area contributed by atoms with Gasteiger partial charge in [-0.3, -0.25) is 4.79 Å². The van der Waals surface area contributed by atoms with E-state index in [4.69, 9.17) is 4.74 Å². The van der Waals surface area contributed by atoms with Gasteiger partial charge in [-0.05, 0) is 46.1 Å². The van der Waals surface area contributed by atoms with E-state index in [2.05, 4.69) is 19.9 Å². The van der Waals surface area contributed by atoms with Crippen LogP contribution in [0.2, 0.25) is 0 Å². The molecule has 1 rings (SSSR count). The van der Waals surface area contributed by atoms with E-state index < -0.39 is 5.97 Å². The first-order valence-corrected chi connectivity index (χ1v) is 7.32. The molecule has 0 spiro atoms. The van der Waals surface area contributed by atoms with Crippen LogP contribution in [-0.2, 0) is 11.2 Å². The monoisotopic (exact) mass is 304 g/mol. The number of ether oxygens (including phenoxy) is 1. The van der Waals surface area contributed by atoms with Crippen LogP contribution in [-0.4, -0.2) is 16.2 Å². The van der Waals surface area contributed by atoms with Crippen molar-refractivity contribution in [1.29, 1.82) is 0 Å². The van der Waals surface area contributed by atoms with E-state index in [-0.39, 0.29) is 17.2 Å². The highest BCUT2D eigenvalue weighted by Gasteiger charge is 2.12. The molecule has 0 saturated heterocycles. The summed E-state index contributed by atoms with van der Waals surface area (Å²) >= 11 is 0. The van der Waals surface area contributed by atoms with Crippen molar-refractivity contribution in [2.45, 2.75) is 47.0 Å². The fraction of sp³-hybridized carbons (Fsp3) is 0.389. The minimum absolute atomic E-state index is 0.0157. The molecule has 1 aromatic carbocycles. The second-order valence-corrected chi connectivity index (χ2v) is 5.62. The van der Waals surface area contributed by atoms with Gasteiger partial charge in [0.15, 0.2) is 11.5 Å². The Morgan fingerprint density at radius 2 is 1.82 bits per heavy atom. The van der Waals surface area contributed by atoms with Gasteiger partial charge in [0.25, 0.3) is 0 Å². The van der Waals surface area contributed by atoms with Crippen molar-refractivity contribution in [2.24, 2.45) is 0 Å². The summed E-state index contributed by atoms with van der Waals surface area (Å²) in [6.07, 6.45) is 6.58. The first-order valence-electron chi connectivity index (χ1n) is 7.32. The third-order valence-electron chi connectivity index (χ3n) is 3.15. The van der Waals surface area contributed by atoms with Gasteiger partial charge >= 0.3 is 5.97 Å². The van der Waals surface area contributed by atoms with E-state index >= 15 is 0 Å². The zero-order valence-electron chi connectivity index (χ0n) is 13.6. The van der Waals surface area contributed by atoms with Crippen molar-refractivity contribution in [1.82, 2.24) is 0 Å². The van der Waals surface area contributed by atoms with Crippen molar-refractivity contribution in [3.8, 4) is 17.2 Å². The van der Waals surface area contributed by atoms with Crippen LogP contribution in [0, 0.1) is 0 Å². The molecule has 22 heavy (non-hydrogen) atoms. The number of hydrogen-bond donors (Lipinski definition) is 2. The zero-order valence-corrected chi connectivity index (χ0v) is 13.6. The Labute approximate surface area is 131 Å². The predicted molar refractivity (Wildman–Crippen MR) is 87.2 cm³/mol. The highest BCUT2D eigenvalue weighted by molar-refractivity contribution is 5.71. The van der Waals surface area contributed by atoms with Crippen molar-refractivity contribution in [3.05, 3.63) is 41.0 Å². The molecule has 120 valence electrons. The first-order chi connectivity index (χ1) is 10.3. The topological polar surface area (TPSA) is 66.8 Å². The molecule has 0 heterocycles. The van der Waals surface area contributed by atoms with Crippen LogP contribution in [0.4, 0.5) is 0 Å². The van der Waals surface area contributed by atoms with Crippen molar-refractivity contribution < 1.29 is 19.7 Å². The summed E-state index contributed by atoms with van der Waals surface area (Å²) in [6.45, 7) is 7.42. The van der Waals surface area contributed by atoms with Crippen LogP contribution in [0.3, 0.4) is 0 Å². The summed E-state index contributed by atoms with van der Waals surface area (Å²) in [4.78, 5) is 11.0. The smallest absolute Gasteiger partial charge is 0.308 e. The van der Waals surface area contributed by atoms with Gasteiger partial charge in [-0.25, -0.2) is 0 Å². The summed E-state index contributed by atoms with van der Waals surface area (Å²) < 4.78 is 4.89. The number of carbonyl (C=O) groups is 1. The van der Waals surface area contributed by atoms with Crippen molar-refractivity contribution >= 4 is 5.97 Å². The van der Waals surface area contributed by atoms with E-state index in [9.17, 15) is 15.0 Å². The summed E-state index contributed by atoms with van der Waals surface area (Å²) in [6, 6.07) is 2.70. The van der Waals surface area contributed by atoms with Gasteiger partial charge in [0.1, 0.15) is 5.75 Å². The molecular formula is C18H24O4. The lowest BCUT2D eigenvalue weighted by atomic mass is 10.0. The number of benzene rings is 1. The fourth-order valence-electron chi connectivity index (χ4n) is 2.01. The first kappa shape index (κ1) is 17.8. The maximum atomic E-state index is 11.0. The second kappa shape index (κ2) is 8.27. The molecule has 1 aromatic rings. The minimum atomic E-state index is -0.541. The molecule has 2 N–H and O–H groups in total. The Morgan fingerprint density at radius 1 is 1.14 bits per heavy atom. The van der Waals surface area contributed by atoms with Gasteiger partial charge in [0, 0.05) is 18.6 Å². The lowest BCUT2D eigenvalue weighted by Crippen LogP contribution is -2.02. The van der Waals surface area contributed by atoms with Gasteiger partial charge in [0.2, 0.25) is 0 Å². The van der Waals surface area contributed by atoms with Gasteiger partial charge in [-0.15, -0.1) is 0 Å². The molecule has 4 heteroatoms. The van der Waals surface area contributed by atoms with Gasteiger partial charge in [0.05, 0.1) is 0 Å². The van der Waals surface area contributed by atoms with E-state index in [0.29, 0.717) is 12.0 Å². The SMILES string of the molecule is CC(=O)Oc1cc(O)cc(C/C=C(\C)CCC=C(C)C)c1O. The Hall–Kier alpha value is -2.23. The summed E-state index contributed by atoms with van der Waals surface area (Å²) in [7, 11) is 0. The molecule has 0 amide bonds. The second-order valence-electron chi connectivity index (χ2n) is 5.62. The number of phenolic OH excluding ortho intramolecular Hbond substituents is 2. The molecule has 0 aromatic heterocycles. The number of carbonyl (C=O) groups excluding carboxylic acids is 1. The van der Waals surface area contributed by atoms with Crippen LogP contribution in [0.25, 0.3) is 0 Å². The Kier molecular flexibility index (Phi) is 6.70. The van der Waals surface area contributed by atoms with Crippen molar-refractivity contribution in [2.75, 3.05) is 0 Å². The van der Waals surface area contributed by atoms with Gasteiger partial charge < -0.3 is 14.9 Å². The van der Waals surface area contributed by atoms with Crippen LogP contribution in [0.15, 0.2) is 35.4 Å². The normalized spacial score (nSPS) is 11.2. The zero-order chi connectivity index (χ0) is 16.7. The molecule has 0 radical (unpaired) electrons. The maximum Gasteiger partial charge on any atom is 0.308 e. The molecule has 0 bridgehead atoms. The summed E-state index contributed by atoms with van der Waals surface area (Å²) in [5.74, 6) is -0.709. The van der Waals surface area contributed by atoms with E-state index in [1.165, 1.54) is 30.2 Å². The molecule has 0 aliphatic rings. The Balaban J connectivity index is 2.82. The standard InChI is InChI=1S/C18H24O4/c1-12(2)6-5-7-13(3)8-9-15-10-16(20)11-17(18(15)21)22-14(4)19/h6,8,10-11,20-21H,5,7,9H2,1-4H3/b13-8+. The third kappa shape index (κ3) is 6.04. The van der Waals surface area contributed by atoms with Gasteiger partial charge in [-0.2, -0.15) is 0 Å². The fourth-order valence-corrected chi connectivity index (χ4v) is 2.01. The summed E-state index contributed by atoms with van der Waals surface area (Å²) in [5, 5.41) is 19.8. The number of phenols is 2. The lowest BCUT2D eigenvalue weighted by molar-refractivity contribution is -0.132. The quantitative estimate of drug-likeness (QED) is 0.357. The molecule has 0 aliphatic carbocycles. The highest BCUT2D eigenvalue weighted by Crippen LogP contribution is 2.35. The van der Waals surface area contributed by atoms with Gasteiger partial charge in [-0.1, -0.05) is 23.3 Å². The summed E-state index contributed by atoms with van der Waals surface area (Å²) in [5.41, 5.74) is 3.02. The van der Waals surface area contributed by atoms with Crippen LogP contribution in [0.1, 0.15) is 46.1 Å². The van der Waals surface area contributed by atoms with Crippen LogP contribution < -0.4 is 4.74 Å². The molecule has 0 unspecified atom stereocenters. The predicted octanol–water partition coefficient (Wildman–Crippen LogP) is 4.26. The van der Waals surface area contributed by atoms with E-state index in [1.54, 1.807) is 0 Å². The number of allylic oxidation sites excluding steroid dienone is 4. The average Bonchev–Trinajstić information content (AvgIpc) is 2.39. The van der Waals surface area contributed by atoms with Crippen LogP contribution >= 0.6 is 0 Å². The number of rotatable bonds is 6. The maximum absolute atomic E-state index is 11.0. The molecule has 0 aliphatic heterocycles. The molecular weight excluding hydrogens is 280 g/mol. The number of hydrogen-bond acceptors (Lipinski definition) is 4. The Morgan fingerprint density at radius 3 is 2.41 bits per heavy atom. The minimum Gasteiger partial charge on any atom is -0.508 e. The third-order valence-corrected chi connectivity index (χ3v) is 3.15. The van der Waals surface area contributed by atoms with Crippen molar-refractivity contribution in [3.63, 3.8) is 0 Å². The highest BCUT2D eigenvalue weighted by atomic mass is 16.5. The number of esters is 1. The van der Waals surface area contributed by atoms with Crippen LogP contribution in [0.5, 0.6) is 17.2 Å². The Bertz CT molecular complexity index is 593. The van der Waals surface area contributed by atoms with E-state index in [0.717, 1.165) is 12.8 Å². The number of aromatic hydroxyl groups is 2. The molecule has 0 saturated carbocycles. The molecule has 0 atom stereocenters. The molecule has 4 nitrogen and oxygen atoms in total.